The number of hydrogen-bond acceptors (Lipinski definition) is 5. The van der Waals surface area contributed by atoms with Crippen molar-refractivity contribution in [1.29, 1.82) is 0 Å². The fourth-order valence-electron chi connectivity index (χ4n) is 2.34. The van der Waals surface area contributed by atoms with Crippen molar-refractivity contribution in [1.82, 2.24) is 15.0 Å². The molecule has 0 aliphatic heterocycles. The van der Waals surface area contributed by atoms with Gasteiger partial charge in [-0.1, -0.05) is 29.8 Å². The topological polar surface area (TPSA) is 59.9 Å². The first-order chi connectivity index (χ1) is 11.7. The summed E-state index contributed by atoms with van der Waals surface area (Å²) in [6.07, 6.45) is 6.08. The number of benzene rings is 1. The summed E-state index contributed by atoms with van der Waals surface area (Å²) in [6, 6.07) is 12.3. The lowest BCUT2D eigenvalue weighted by atomic mass is 10.1. The number of aromatic nitrogens is 3. The zero-order chi connectivity index (χ0) is 16.8. The molecule has 1 N–H and O–H groups in total. The van der Waals surface area contributed by atoms with Crippen LogP contribution in [0.25, 0.3) is 11.4 Å². The van der Waals surface area contributed by atoms with Crippen LogP contribution >= 0.6 is 0 Å². The quantitative estimate of drug-likeness (QED) is 0.753. The van der Waals surface area contributed by atoms with Crippen LogP contribution in [-0.2, 0) is 6.42 Å². The van der Waals surface area contributed by atoms with Crippen molar-refractivity contribution in [3.63, 3.8) is 0 Å². The van der Waals surface area contributed by atoms with Gasteiger partial charge in [0.25, 0.3) is 0 Å². The number of nitrogens with one attached hydrogen (secondary N) is 1. The van der Waals surface area contributed by atoms with Gasteiger partial charge < -0.3 is 10.1 Å². The number of anilines is 1. The van der Waals surface area contributed by atoms with Crippen molar-refractivity contribution in [2.45, 2.75) is 13.3 Å². The molecule has 0 aliphatic rings. The number of pyridine rings is 1. The molecular formula is C19H20N4O. The maximum absolute atomic E-state index is 5.20. The third-order valence-electron chi connectivity index (χ3n) is 3.70. The first kappa shape index (κ1) is 15.9. The van der Waals surface area contributed by atoms with Gasteiger partial charge in [0.1, 0.15) is 11.6 Å². The molecule has 0 fully saturated rings. The fraction of sp³-hybridized carbons (Fsp3) is 0.211. The van der Waals surface area contributed by atoms with Crippen molar-refractivity contribution in [3.05, 3.63) is 66.1 Å². The summed E-state index contributed by atoms with van der Waals surface area (Å²) >= 11 is 0. The summed E-state index contributed by atoms with van der Waals surface area (Å²) in [7, 11) is 1.62. The Balaban J connectivity index is 1.65. The zero-order valence-electron chi connectivity index (χ0n) is 13.9. The van der Waals surface area contributed by atoms with E-state index in [9.17, 15) is 0 Å². The first-order valence-electron chi connectivity index (χ1n) is 7.86. The molecule has 122 valence electrons. The molecule has 0 saturated heterocycles. The Morgan fingerprint density at radius 1 is 1.08 bits per heavy atom. The van der Waals surface area contributed by atoms with Gasteiger partial charge in [-0.2, -0.15) is 0 Å². The SMILES string of the molecule is COc1cncc(-c2nccc(NCCc3ccc(C)cc3)n2)c1. The van der Waals surface area contributed by atoms with Crippen LogP contribution in [0.15, 0.2) is 55.0 Å². The minimum absolute atomic E-state index is 0.627. The van der Waals surface area contributed by atoms with Crippen LogP contribution in [0.3, 0.4) is 0 Å². The number of methoxy groups -OCH3 is 1. The molecule has 2 heterocycles. The lowest BCUT2D eigenvalue weighted by Crippen LogP contribution is -2.07. The minimum atomic E-state index is 0.627. The van der Waals surface area contributed by atoms with Gasteiger partial charge in [-0.25, -0.2) is 9.97 Å². The van der Waals surface area contributed by atoms with Crippen molar-refractivity contribution in [2.75, 3.05) is 19.0 Å². The van der Waals surface area contributed by atoms with Crippen LogP contribution in [0.1, 0.15) is 11.1 Å². The normalized spacial score (nSPS) is 10.4. The molecule has 0 aliphatic carbocycles. The third-order valence-corrected chi connectivity index (χ3v) is 3.70. The lowest BCUT2D eigenvalue weighted by molar-refractivity contribution is 0.413. The molecule has 5 heteroatoms. The van der Waals surface area contributed by atoms with E-state index >= 15 is 0 Å². The Morgan fingerprint density at radius 2 is 1.92 bits per heavy atom. The molecular weight excluding hydrogens is 300 g/mol. The van der Waals surface area contributed by atoms with E-state index in [0.29, 0.717) is 11.6 Å². The number of aryl methyl sites for hydroxylation is 1. The standard InChI is InChI=1S/C19H20N4O/c1-14-3-5-15(6-4-14)7-9-21-18-8-10-22-19(23-18)16-11-17(24-2)13-20-12-16/h3-6,8,10-13H,7,9H2,1-2H3,(H,21,22,23). The van der Waals surface area contributed by atoms with E-state index in [2.05, 4.69) is 51.5 Å². The maximum Gasteiger partial charge on any atom is 0.163 e. The van der Waals surface area contributed by atoms with Crippen molar-refractivity contribution >= 4 is 5.82 Å². The Morgan fingerprint density at radius 3 is 2.71 bits per heavy atom. The molecule has 5 nitrogen and oxygen atoms in total. The van der Waals surface area contributed by atoms with Gasteiger partial charge in [0.15, 0.2) is 5.82 Å². The van der Waals surface area contributed by atoms with Gasteiger partial charge in [0, 0.05) is 24.5 Å². The second kappa shape index (κ2) is 7.55. The van der Waals surface area contributed by atoms with Gasteiger partial charge in [-0.05, 0) is 31.0 Å². The molecule has 0 unspecified atom stereocenters. The van der Waals surface area contributed by atoms with Gasteiger partial charge in [-0.15, -0.1) is 0 Å². The van der Waals surface area contributed by atoms with Crippen molar-refractivity contribution < 1.29 is 4.74 Å². The van der Waals surface area contributed by atoms with Crippen LogP contribution in [0.5, 0.6) is 5.75 Å². The monoisotopic (exact) mass is 320 g/mol. The Bertz CT molecular complexity index is 802. The second-order valence-corrected chi connectivity index (χ2v) is 5.54. The van der Waals surface area contributed by atoms with E-state index in [1.165, 1.54) is 11.1 Å². The molecule has 0 saturated carbocycles. The Hall–Kier alpha value is -2.95. The summed E-state index contributed by atoms with van der Waals surface area (Å²) in [5.74, 6) is 2.12. The molecule has 3 aromatic rings. The van der Waals surface area contributed by atoms with Crippen LogP contribution in [0.4, 0.5) is 5.82 Å². The first-order valence-corrected chi connectivity index (χ1v) is 7.86. The Labute approximate surface area is 141 Å². The summed E-state index contributed by atoms with van der Waals surface area (Å²) in [4.78, 5) is 13.0. The fourth-order valence-corrected chi connectivity index (χ4v) is 2.34. The summed E-state index contributed by atoms with van der Waals surface area (Å²) < 4.78 is 5.20. The predicted molar refractivity (Wildman–Crippen MR) is 95.2 cm³/mol. The average Bonchev–Trinajstić information content (AvgIpc) is 2.64. The van der Waals surface area contributed by atoms with E-state index in [4.69, 9.17) is 4.74 Å². The molecule has 3 rings (SSSR count). The minimum Gasteiger partial charge on any atom is -0.495 e. The number of ether oxygens (including phenoxy) is 1. The van der Waals surface area contributed by atoms with E-state index in [1.54, 1.807) is 25.7 Å². The van der Waals surface area contributed by atoms with Crippen LogP contribution < -0.4 is 10.1 Å². The Kier molecular flexibility index (Phi) is 5.01. The molecule has 0 atom stereocenters. The highest BCUT2D eigenvalue weighted by Crippen LogP contribution is 2.20. The largest absolute Gasteiger partial charge is 0.495 e. The molecule has 0 spiro atoms. The van der Waals surface area contributed by atoms with Crippen LogP contribution in [0, 0.1) is 6.92 Å². The molecule has 24 heavy (non-hydrogen) atoms. The second-order valence-electron chi connectivity index (χ2n) is 5.54. The van der Waals surface area contributed by atoms with Gasteiger partial charge >= 0.3 is 0 Å². The molecule has 2 aromatic heterocycles. The summed E-state index contributed by atoms with van der Waals surface area (Å²) in [5.41, 5.74) is 3.41. The van der Waals surface area contributed by atoms with Gasteiger partial charge in [0.05, 0.1) is 13.3 Å². The summed E-state index contributed by atoms with van der Waals surface area (Å²) in [6.45, 7) is 2.91. The van der Waals surface area contributed by atoms with E-state index in [0.717, 1.165) is 24.3 Å². The number of nitrogens with zero attached hydrogens (tertiary/aromatic N) is 3. The molecule has 0 radical (unpaired) electrons. The van der Waals surface area contributed by atoms with Gasteiger partial charge in [0.2, 0.25) is 0 Å². The highest BCUT2D eigenvalue weighted by atomic mass is 16.5. The smallest absolute Gasteiger partial charge is 0.163 e. The van der Waals surface area contributed by atoms with Gasteiger partial charge in [-0.3, -0.25) is 4.98 Å². The van der Waals surface area contributed by atoms with Crippen LogP contribution in [-0.4, -0.2) is 28.6 Å². The number of rotatable bonds is 6. The highest BCUT2D eigenvalue weighted by molar-refractivity contribution is 5.57. The lowest BCUT2D eigenvalue weighted by Gasteiger charge is -2.08. The van der Waals surface area contributed by atoms with Crippen molar-refractivity contribution in [2.24, 2.45) is 0 Å². The average molecular weight is 320 g/mol. The summed E-state index contributed by atoms with van der Waals surface area (Å²) in [5, 5.41) is 3.34. The maximum atomic E-state index is 5.20. The molecule has 0 bridgehead atoms. The predicted octanol–water partition coefficient (Wildman–Crippen LogP) is 3.51. The molecule has 0 amide bonds. The highest BCUT2D eigenvalue weighted by Gasteiger charge is 2.05. The van der Waals surface area contributed by atoms with Crippen LogP contribution in [0.2, 0.25) is 0 Å². The van der Waals surface area contributed by atoms with E-state index in [1.807, 2.05) is 12.1 Å². The third kappa shape index (κ3) is 4.07. The zero-order valence-corrected chi connectivity index (χ0v) is 13.9. The van der Waals surface area contributed by atoms with E-state index < -0.39 is 0 Å². The molecule has 1 aromatic carbocycles. The van der Waals surface area contributed by atoms with Crippen molar-refractivity contribution in [3.8, 4) is 17.1 Å². The number of hydrogen-bond donors (Lipinski definition) is 1. The van der Waals surface area contributed by atoms with E-state index in [-0.39, 0.29) is 0 Å².